The minimum Gasteiger partial charge on any atom is -0.352 e. The molecule has 0 saturated carbocycles. The number of nitrogens with one attached hydrogen (secondary N) is 5. The highest BCUT2D eigenvalue weighted by molar-refractivity contribution is 7.90. The summed E-state index contributed by atoms with van der Waals surface area (Å²) in [4.78, 5) is 36.8. The first kappa shape index (κ1) is 29.0. The van der Waals surface area contributed by atoms with E-state index in [1.165, 1.54) is 24.3 Å². The fourth-order valence-corrected chi connectivity index (χ4v) is 4.99. The maximum absolute atomic E-state index is 14.6. The fraction of sp³-hybridized carbons (Fsp3) is 0.138. The molecular formula is C29H28FN5O5S. The Kier molecular flexibility index (Phi) is 9.15. The van der Waals surface area contributed by atoms with Crippen LogP contribution in [-0.4, -0.2) is 39.5 Å². The van der Waals surface area contributed by atoms with E-state index < -0.39 is 33.8 Å². The number of urea groups is 2. The van der Waals surface area contributed by atoms with E-state index in [1.54, 1.807) is 31.2 Å². The van der Waals surface area contributed by atoms with Gasteiger partial charge >= 0.3 is 12.1 Å². The minimum atomic E-state index is -4.01. The van der Waals surface area contributed by atoms with E-state index in [0.717, 1.165) is 22.4 Å². The van der Waals surface area contributed by atoms with E-state index in [-0.39, 0.29) is 29.2 Å². The molecule has 0 unspecified atom stereocenters. The number of carbonyl (C=O) groups excluding carboxylic acids is 3. The number of fused-ring (bicyclic) bond motifs is 1. The van der Waals surface area contributed by atoms with Gasteiger partial charge in [0, 0.05) is 24.0 Å². The Morgan fingerprint density at radius 3 is 2.24 bits per heavy atom. The first-order chi connectivity index (χ1) is 19.6. The van der Waals surface area contributed by atoms with Crippen molar-refractivity contribution in [3.05, 3.63) is 102 Å². The number of carbonyl (C=O) groups is 3. The molecule has 212 valence electrons. The van der Waals surface area contributed by atoms with Crippen molar-refractivity contribution < 1.29 is 27.2 Å². The van der Waals surface area contributed by atoms with Crippen LogP contribution in [0.5, 0.6) is 0 Å². The summed E-state index contributed by atoms with van der Waals surface area (Å²) in [6, 6.07) is 21.2. The van der Waals surface area contributed by atoms with Crippen LogP contribution in [0.25, 0.3) is 10.8 Å². The Morgan fingerprint density at radius 2 is 1.46 bits per heavy atom. The van der Waals surface area contributed by atoms with Gasteiger partial charge in [-0.25, -0.2) is 27.1 Å². The van der Waals surface area contributed by atoms with Crippen molar-refractivity contribution in [2.75, 3.05) is 23.7 Å². The second kappa shape index (κ2) is 12.9. The molecule has 12 heteroatoms. The number of aryl methyl sites for hydroxylation is 1. The molecule has 0 aliphatic heterocycles. The summed E-state index contributed by atoms with van der Waals surface area (Å²) in [6.07, 6.45) is 0.292. The molecule has 0 saturated heterocycles. The number of hydrogen-bond acceptors (Lipinski definition) is 5. The van der Waals surface area contributed by atoms with E-state index in [9.17, 15) is 27.2 Å². The minimum absolute atomic E-state index is 0.0289. The summed E-state index contributed by atoms with van der Waals surface area (Å²) in [5.41, 5.74) is 1.24. The van der Waals surface area contributed by atoms with Crippen LogP contribution in [0.15, 0.2) is 89.8 Å². The van der Waals surface area contributed by atoms with Gasteiger partial charge in [-0.2, -0.15) is 0 Å². The van der Waals surface area contributed by atoms with Crippen LogP contribution < -0.4 is 26.0 Å². The molecule has 0 aromatic heterocycles. The van der Waals surface area contributed by atoms with Crippen LogP contribution in [0.2, 0.25) is 0 Å². The smallest absolute Gasteiger partial charge is 0.328 e. The average molecular weight is 578 g/mol. The Hall–Kier alpha value is -4.97. The van der Waals surface area contributed by atoms with Gasteiger partial charge in [-0.05, 0) is 60.7 Å². The number of amides is 5. The second-order valence-electron chi connectivity index (χ2n) is 9.09. The maximum Gasteiger partial charge on any atom is 0.328 e. The standard InChI is InChI=1S/C29H28FN5O5S/c1-19-7-4-10-22(17-19)41(39,40)35-28(37)32-16-6-15-31-27(36)21-13-14-26(24(30)18-21)34-29(38)33-25-12-5-9-20-8-2-3-11-23(20)25/h2-5,7-14,17-18H,6,15-16H2,1H3,(H,31,36)(H2,32,35,37)(H2,33,34,38). The molecule has 41 heavy (non-hydrogen) atoms. The summed E-state index contributed by atoms with van der Waals surface area (Å²) in [5.74, 6) is -1.35. The molecule has 0 aliphatic carbocycles. The number of sulfonamides is 1. The number of halogens is 1. The zero-order valence-electron chi connectivity index (χ0n) is 22.0. The van der Waals surface area contributed by atoms with Gasteiger partial charge in [0.05, 0.1) is 16.3 Å². The van der Waals surface area contributed by atoms with Gasteiger partial charge < -0.3 is 21.3 Å². The molecule has 0 bridgehead atoms. The van der Waals surface area contributed by atoms with Crippen LogP contribution in [0.4, 0.5) is 25.4 Å². The molecule has 5 amide bonds. The number of benzene rings is 4. The highest BCUT2D eigenvalue weighted by atomic mass is 32.2. The summed E-state index contributed by atoms with van der Waals surface area (Å²) in [6.45, 7) is 1.96. The zero-order valence-corrected chi connectivity index (χ0v) is 22.8. The summed E-state index contributed by atoms with van der Waals surface area (Å²) < 4.78 is 41.1. The molecule has 0 spiro atoms. The predicted octanol–water partition coefficient (Wildman–Crippen LogP) is 4.74. The van der Waals surface area contributed by atoms with Crippen molar-refractivity contribution in [3.63, 3.8) is 0 Å². The summed E-state index contributed by atoms with van der Waals surface area (Å²) in [7, 11) is -4.01. The predicted molar refractivity (Wildman–Crippen MR) is 155 cm³/mol. The van der Waals surface area contributed by atoms with Gasteiger partial charge in [-0.15, -0.1) is 0 Å². The van der Waals surface area contributed by atoms with Crippen molar-refractivity contribution in [1.82, 2.24) is 15.4 Å². The Balaban J connectivity index is 1.21. The van der Waals surface area contributed by atoms with Crippen LogP contribution >= 0.6 is 0 Å². The third kappa shape index (κ3) is 7.79. The van der Waals surface area contributed by atoms with Crippen molar-refractivity contribution >= 4 is 50.1 Å². The number of anilines is 2. The molecule has 0 radical (unpaired) electrons. The van der Waals surface area contributed by atoms with Crippen molar-refractivity contribution in [2.45, 2.75) is 18.2 Å². The Morgan fingerprint density at radius 1 is 0.756 bits per heavy atom. The highest BCUT2D eigenvalue weighted by Crippen LogP contribution is 2.23. The number of hydrogen-bond donors (Lipinski definition) is 5. The van der Waals surface area contributed by atoms with Gasteiger partial charge in [0.2, 0.25) is 0 Å². The SMILES string of the molecule is Cc1cccc(S(=O)(=O)NC(=O)NCCCNC(=O)c2ccc(NC(=O)Nc3cccc4ccccc34)c(F)c2)c1. The van der Waals surface area contributed by atoms with E-state index in [4.69, 9.17) is 0 Å². The van der Waals surface area contributed by atoms with Crippen LogP contribution in [-0.2, 0) is 10.0 Å². The van der Waals surface area contributed by atoms with Crippen molar-refractivity contribution in [1.29, 1.82) is 0 Å². The molecule has 0 atom stereocenters. The maximum atomic E-state index is 14.6. The van der Waals surface area contributed by atoms with Gasteiger partial charge in [0.1, 0.15) is 5.82 Å². The summed E-state index contributed by atoms with van der Waals surface area (Å²) >= 11 is 0. The van der Waals surface area contributed by atoms with E-state index in [0.29, 0.717) is 12.1 Å². The highest BCUT2D eigenvalue weighted by Gasteiger charge is 2.17. The number of rotatable bonds is 9. The first-order valence-electron chi connectivity index (χ1n) is 12.6. The van der Waals surface area contributed by atoms with Gasteiger partial charge in [0.15, 0.2) is 0 Å². The van der Waals surface area contributed by atoms with E-state index in [2.05, 4.69) is 21.3 Å². The van der Waals surface area contributed by atoms with E-state index >= 15 is 0 Å². The molecule has 5 N–H and O–H groups in total. The quantitative estimate of drug-likeness (QED) is 0.183. The second-order valence-corrected chi connectivity index (χ2v) is 10.8. The van der Waals surface area contributed by atoms with Gasteiger partial charge in [-0.1, -0.05) is 48.5 Å². The zero-order chi connectivity index (χ0) is 29.4. The molecule has 4 aromatic rings. The van der Waals surface area contributed by atoms with Gasteiger partial charge in [0.25, 0.3) is 15.9 Å². The molecular weight excluding hydrogens is 549 g/mol. The third-order valence-corrected chi connectivity index (χ3v) is 7.30. The van der Waals surface area contributed by atoms with Crippen LogP contribution in [0, 0.1) is 12.7 Å². The third-order valence-electron chi connectivity index (χ3n) is 5.97. The monoisotopic (exact) mass is 577 g/mol. The first-order valence-corrected chi connectivity index (χ1v) is 14.1. The van der Waals surface area contributed by atoms with E-state index in [1.807, 2.05) is 35.1 Å². The van der Waals surface area contributed by atoms with Crippen molar-refractivity contribution in [3.8, 4) is 0 Å². The fourth-order valence-electron chi connectivity index (χ4n) is 3.96. The molecule has 0 heterocycles. The van der Waals surface area contributed by atoms with Crippen LogP contribution in [0.3, 0.4) is 0 Å². The Labute approximate surface area is 236 Å². The topological polar surface area (TPSA) is 146 Å². The summed E-state index contributed by atoms with van der Waals surface area (Å²) in [5, 5.41) is 11.9. The van der Waals surface area contributed by atoms with Crippen molar-refractivity contribution in [2.24, 2.45) is 0 Å². The molecule has 10 nitrogen and oxygen atoms in total. The lowest BCUT2D eigenvalue weighted by atomic mass is 10.1. The molecule has 4 aromatic carbocycles. The normalized spacial score (nSPS) is 11.0. The van der Waals surface area contributed by atoms with Crippen LogP contribution in [0.1, 0.15) is 22.3 Å². The Bertz CT molecular complexity index is 1710. The largest absolute Gasteiger partial charge is 0.352 e. The lowest BCUT2D eigenvalue weighted by Crippen LogP contribution is -2.40. The molecule has 4 rings (SSSR count). The molecule has 0 aliphatic rings. The average Bonchev–Trinajstić information content (AvgIpc) is 2.94. The molecule has 0 fully saturated rings. The lowest BCUT2D eigenvalue weighted by molar-refractivity contribution is 0.0953. The van der Waals surface area contributed by atoms with Gasteiger partial charge in [-0.3, -0.25) is 4.79 Å². The lowest BCUT2D eigenvalue weighted by Gasteiger charge is -2.12.